The van der Waals surface area contributed by atoms with Crippen LogP contribution in [0.2, 0.25) is 0 Å². The summed E-state index contributed by atoms with van der Waals surface area (Å²) < 4.78 is 68.9. The molecule has 0 saturated heterocycles. The van der Waals surface area contributed by atoms with Crippen molar-refractivity contribution >= 4 is 39.5 Å². The molecule has 0 spiro atoms. The van der Waals surface area contributed by atoms with E-state index in [9.17, 15) is 43.2 Å². The maximum absolute atomic E-state index is 13.1. The number of esters is 4. The molecule has 0 aliphatic heterocycles. The molecule has 0 fully saturated rings. The molecule has 0 aromatic heterocycles. The van der Waals surface area contributed by atoms with E-state index in [-0.39, 0.29) is 25.7 Å². The Labute approximate surface area is 645 Å². The van der Waals surface area contributed by atoms with Crippen LogP contribution in [0.15, 0.2) is 0 Å². The second-order valence-electron chi connectivity index (χ2n) is 31.4. The van der Waals surface area contributed by atoms with Gasteiger partial charge in [0, 0.05) is 25.7 Å². The monoisotopic (exact) mass is 1540 g/mol. The lowest BCUT2D eigenvalue weighted by molar-refractivity contribution is -0.161. The topological polar surface area (TPSA) is 237 Å². The molecule has 0 bridgehead atoms. The van der Waals surface area contributed by atoms with Crippen LogP contribution in [0.5, 0.6) is 0 Å². The van der Waals surface area contributed by atoms with Gasteiger partial charge in [0.05, 0.1) is 26.4 Å². The van der Waals surface area contributed by atoms with Crippen LogP contribution in [0.3, 0.4) is 0 Å². The fraction of sp³-hybridized carbons (Fsp3) is 0.953. The zero-order chi connectivity index (χ0) is 76.9. The van der Waals surface area contributed by atoms with Crippen molar-refractivity contribution in [2.75, 3.05) is 39.6 Å². The minimum Gasteiger partial charge on any atom is -0.462 e. The normalized spacial score (nSPS) is 13.8. The Morgan fingerprint density at radius 2 is 0.438 bits per heavy atom. The third-order valence-corrected chi connectivity index (χ3v) is 22.2. The van der Waals surface area contributed by atoms with E-state index in [2.05, 4.69) is 34.6 Å². The van der Waals surface area contributed by atoms with E-state index in [0.717, 1.165) is 95.8 Å². The highest BCUT2D eigenvalue weighted by atomic mass is 31.2. The van der Waals surface area contributed by atoms with Crippen LogP contribution in [0.1, 0.15) is 465 Å². The summed E-state index contributed by atoms with van der Waals surface area (Å²) in [5, 5.41) is 10.7. The number of carbonyl (C=O) groups is 4. The second-order valence-corrected chi connectivity index (χ2v) is 34.3. The van der Waals surface area contributed by atoms with Crippen LogP contribution in [0.25, 0.3) is 0 Å². The molecule has 5 atom stereocenters. The number of carbonyl (C=O) groups excluding carboxylic acids is 4. The van der Waals surface area contributed by atoms with Gasteiger partial charge >= 0.3 is 39.5 Å². The highest BCUT2D eigenvalue weighted by Crippen LogP contribution is 2.45. The van der Waals surface area contributed by atoms with Crippen molar-refractivity contribution in [1.29, 1.82) is 0 Å². The van der Waals surface area contributed by atoms with Gasteiger partial charge in [-0.2, -0.15) is 0 Å². The van der Waals surface area contributed by atoms with Gasteiger partial charge in [0.25, 0.3) is 0 Å². The first-order valence-electron chi connectivity index (χ1n) is 44.6. The lowest BCUT2D eigenvalue weighted by Crippen LogP contribution is -2.30. The Bertz CT molecular complexity index is 2000. The zero-order valence-electron chi connectivity index (χ0n) is 68.9. The minimum absolute atomic E-state index is 0.109. The molecule has 624 valence electrons. The summed E-state index contributed by atoms with van der Waals surface area (Å²) in [4.78, 5) is 73.2. The molecule has 0 aliphatic carbocycles. The lowest BCUT2D eigenvalue weighted by Gasteiger charge is -2.21. The first-order valence-corrected chi connectivity index (χ1v) is 47.6. The number of ether oxygens (including phenoxy) is 4. The summed E-state index contributed by atoms with van der Waals surface area (Å²) in [5.74, 6) is -1.31. The molecule has 0 aromatic carbocycles. The van der Waals surface area contributed by atoms with Crippen LogP contribution in [0.4, 0.5) is 0 Å². The van der Waals surface area contributed by atoms with E-state index in [1.807, 2.05) is 0 Å². The van der Waals surface area contributed by atoms with Gasteiger partial charge in [-0.1, -0.05) is 413 Å². The van der Waals surface area contributed by atoms with Gasteiger partial charge in [-0.3, -0.25) is 37.3 Å². The first-order chi connectivity index (χ1) is 51.0. The summed E-state index contributed by atoms with van der Waals surface area (Å²) in [7, 11) is -9.93. The van der Waals surface area contributed by atoms with E-state index in [1.165, 1.54) is 289 Å². The summed E-state index contributed by atoms with van der Waals surface area (Å²) in [6.45, 7) is 7.39. The van der Waals surface area contributed by atoms with Gasteiger partial charge in [-0.15, -0.1) is 0 Å². The molecule has 0 aliphatic rings. The van der Waals surface area contributed by atoms with Crippen molar-refractivity contribution in [3.63, 3.8) is 0 Å². The molecule has 105 heavy (non-hydrogen) atoms. The highest BCUT2D eigenvalue weighted by Gasteiger charge is 2.30. The predicted octanol–water partition coefficient (Wildman–Crippen LogP) is 26.4. The van der Waals surface area contributed by atoms with Gasteiger partial charge in [0.15, 0.2) is 12.2 Å². The van der Waals surface area contributed by atoms with E-state index >= 15 is 0 Å². The Morgan fingerprint density at radius 3 is 0.648 bits per heavy atom. The highest BCUT2D eigenvalue weighted by molar-refractivity contribution is 7.47. The lowest BCUT2D eigenvalue weighted by atomic mass is 10.0. The quantitative estimate of drug-likeness (QED) is 0.0222. The van der Waals surface area contributed by atoms with Crippen molar-refractivity contribution in [3.8, 4) is 0 Å². The largest absolute Gasteiger partial charge is 0.472 e. The SMILES string of the molecule is CCCCCCCCCCCCCCCCCCCCCCCC(=O)O[C@H](COC(=O)CCCCCCCCCCCCCCCC(C)C)COP(=O)(O)OC[C@@H](O)COP(=O)(O)OC[C@@H](COC(=O)CCCCCCCCCCCCCC)OC(=O)CCCCCCCCCCCCCCCCCC. The third kappa shape index (κ3) is 79.9. The number of phosphoric acid groups is 2. The fourth-order valence-corrected chi connectivity index (χ4v) is 15.1. The van der Waals surface area contributed by atoms with Crippen molar-refractivity contribution in [1.82, 2.24) is 0 Å². The van der Waals surface area contributed by atoms with Crippen LogP contribution >= 0.6 is 15.6 Å². The number of aliphatic hydroxyl groups is 1. The molecule has 0 saturated carbocycles. The number of hydrogen-bond acceptors (Lipinski definition) is 15. The maximum Gasteiger partial charge on any atom is 0.472 e. The number of unbranched alkanes of at least 4 members (excludes halogenated alkanes) is 58. The van der Waals surface area contributed by atoms with Crippen molar-refractivity contribution in [2.45, 2.75) is 483 Å². The molecule has 19 heteroatoms. The van der Waals surface area contributed by atoms with E-state index in [0.29, 0.717) is 25.7 Å². The molecular weight excluding hydrogens is 1370 g/mol. The van der Waals surface area contributed by atoms with E-state index in [4.69, 9.17) is 37.0 Å². The molecular formula is C86H168O17P2. The molecule has 0 radical (unpaired) electrons. The standard InChI is InChI=1S/C86H168O17P2/c1-6-9-12-15-18-21-24-27-29-31-32-33-34-35-37-41-47-52-57-62-67-72-86(91)103-82(76-97-84(89)70-65-60-55-50-45-42-38-39-43-48-53-58-63-68-79(4)5)78-101-105(94,95)99-74-80(87)73-98-104(92,93)100-77-81(75-96-83(88)69-64-59-54-49-44-26-23-20-17-14-11-8-3)102-85(90)71-66-61-56-51-46-40-36-30-28-25-22-19-16-13-10-7-2/h79-82,87H,6-78H2,1-5H3,(H,92,93)(H,94,95)/t80-,81+,82+/m0/s1. The summed E-state index contributed by atoms with van der Waals surface area (Å²) in [6, 6.07) is 0. The number of aliphatic hydroxyl groups excluding tert-OH is 1. The summed E-state index contributed by atoms with van der Waals surface area (Å²) in [6.07, 6.45) is 72.1. The maximum atomic E-state index is 13.1. The predicted molar refractivity (Wildman–Crippen MR) is 432 cm³/mol. The van der Waals surface area contributed by atoms with E-state index < -0.39 is 97.5 Å². The molecule has 0 aromatic rings. The second kappa shape index (κ2) is 78.7. The third-order valence-electron chi connectivity index (χ3n) is 20.3. The Morgan fingerprint density at radius 1 is 0.257 bits per heavy atom. The van der Waals surface area contributed by atoms with Gasteiger partial charge < -0.3 is 33.8 Å². The van der Waals surface area contributed by atoms with Gasteiger partial charge in [-0.05, 0) is 31.6 Å². The molecule has 0 amide bonds. The zero-order valence-corrected chi connectivity index (χ0v) is 70.7. The van der Waals surface area contributed by atoms with Crippen molar-refractivity contribution < 1.29 is 80.2 Å². The Balaban J connectivity index is 5.24. The minimum atomic E-state index is -4.97. The average molecular weight is 1540 g/mol. The first kappa shape index (κ1) is 103. The smallest absolute Gasteiger partial charge is 0.462 e. The van der Waals surface area contributed by atoms with Gasteiger partial charge in [0.1, 0.15) is 19.3 Å². The summed E-state index contributed by atoms with van der Waals surface area (Å²) in [5.41, 5.74) is 0. The van der Waals surface area contributed by atoms with Crippen LogP contribution in [0, 0.1) is 5.92 Å². The average Bonchev–Trinajstić information content (AvgIpc) is 0.914. The van der Waals surface area contributed by atoms with Crippen molar-refractivity contribution in [3.05, 3.63) is 0 Å². The van der Waals surface area contributed by atoms with Crippen molar-refractivity contribution in [2.24, 2.45) is 5.92 Å². The van der Waals surface area contributed by atoms with Gasteiger partial charge in [-0.25, -0.2) is 9.13 Å². The fourth-order valence-electron chi connectivity index (χ4n) is 13.5. The molecule has 0 heterocycles. The number of hydrogen-bond donors (Lipinski definition) is 3. The number of rotatable bonds is 86. The Kier molecular flexibility index (Phi) is 77.3. The molecule has 2 unspecified atom stereocenters. The summed E-state index contributed by atoms with van der Waals surface area (Å²) >= 11 is 0. The Hall–Kier alpha value is -1.94. The molecule has 0 rings (SSSR count). The molecule has 17 nitrogen and oxygen atoms in total. The number of phosphoric ester groups is 2. The van der Waals surface area contributed by atoms with E-state index in [1.54, 1.807) is 0 Å². The molecule has 3 N–H and O–H groups in total. The van der Waals surface area contributed by atoms with Crippen LogP contribution < -0.4 is 0 Å². The van der Waals surface area contributed by atoms with Crippen LogP contribution in [-0.2, 0) is 65.4 Å². The van der Waals surface area contributed by atoms with Gasteiger partial charge in [0.2, 0.25) is 0 Å². The van der Waals surface area contributed by atoms with Crippen LogP contribution in [-0.4, -0.2) is 96.7 Å².